The van der Waals surface area contributed by atoms with Crippen molar-refractivity contribution in [1.82, 2.24) is 4.90 Å². The maximum absolute atomic E-state index is 12.1. The van der Waals surface area contributed by atoms with Gasteiger partial charge in [0.05, 0.1) is 19.3 Å². The predicted molar refractivity (Wildman–Crippen MR) is 77.1 cm³/mol. The number of carbonyl (C=O) groups excluding carboxylic acids is 1. The van der Waals surface area contributed by atoms with Gasteiger partial charge >= 0.3 is 0 Å². The summed E-state index contributed by atoms with van der Waals surface area (Å²) in [5.74, 6) is 0.567. The van der Waals surface area contributed by atoms with E-state index < -0.39 is 0 Å². The van der Waals surface area contributed by atoms with Gasteiger partial charge in [-0.05, 0) is 18.2 Å². The van der Waals surface area contributed by atoms with Crippen LogP contribution in [-0.2, 0) is 9.53 Å². The van der Waals surface area contributed by atoms with Crippen LogP contribution in [0.1, 0.15) is 0 Å². The summed E-state index contributed by atoms with van der Waals surface area (Å²) in [4.78, 5) is 13.9. The molecule has 1 unspecified atom stereocenters. The molecule has 1 saturated heterocycles. The molecule has 4 nitrogen and oxygen atoms in total. The third-order valence-electron chi connectivity index (χ3n) is 2.88. The average Bonchev–Trinajstić information content (AvgIpc) is 2.45. The van der Waals surface area contributed by atoms with Crippen molar-refractivity contribution in [1.29, 1.82) is 0 Å². The summed E-state index contributed by atoms with van der Waals surface area (Å²) in [5, 5.41) is 1.30. The van der Waals surface area contributed by atoms with Gasteiger partial charge in [0.25, 0.3) is 5.91 Å². The number of hydrogen-bond acceptors (Lipinski definition) is 3. The number of ether oxygens (including phenoxy) is 2. The van der Waals surface area contributed by atoms with Crippen molar-refractivity contribution >= 4 is 33.4 Å². The molecule has 1 aromatic carbocycles. The van der Waals surface area contributed by atoms with Gasteiger partial charge in [0.1, 0.15) is 5.75 Å². The lowest BCUT2D eigenvalue weighted by Gasteiger charge is -2.34. The van der Waals surface area contributed by atoms with Crippen molar-refractivity contribution in [3.63, 3.8) is 0 Å². The van der Waals surface area contributed by atoms with Gasteiger partial charge in [0.2, 0.25) is 0 Å². The van der Waals surface area contributed by atoms with Crippen LogP contribution in [0.15, 0.2) is 24.3 Å². The van der Waals surface area contributed by atoms with E-state index in [1.54, 1.807) is 29.2 Å². The lowest BCUT2D eigenvalue weighted by Crippen LogP contribution is -2.51. The van der Waals surface area contributed by atoms with Crippen molar-refractivity contribution in [3.05, 3.63) is 29.3 Å². The van der Waals surface area contributed by atoms with E-state index in [0.717, 1.165) is 0 Å². The minimum Gasteiger partial charge on any atom is -0.484 e. The van der Waals surface area contributed by atoms with E-state index in [4.69, 9.17) is 21.1 Å². The zero-order valence-corrected chi connectivity index (χ0v) is 12.7. The lowest BCUT2D eigenvalue weighted by atomic mass is 10.2. The molecule has 104 valence electrons. The monoisotopic (exact) mass is 347 g/mol. The highest BCUT2D eigenvalue weighted by molar-refractivity contribution is 9.09. The number of benzene rings is 1. The molecule has 1 atom stereocenters. The molecule has 0 aromatic heterocycles. The molecule has 1 aromatic rings. The molecule has 0 bridgehead atoms. The van der Waals surface area contributed by atoms with Crippen molar-refractivity contribution in [2.75, 3.05) is 31.7 Å². The highest BCUT2D eigenvalue weighted by Gasteiger charge is 2.26. The number of hydrogen-bond donors (Lipinski definition) is 0. The average molecular weight is 349 g/mol. The van der Waals surface area contributed by atoms with Crippen LogP contribution < -0.4 is 4.74 Å². The number of amides is 1. The third-order valence-corrected chi connectivity index (χ3v) is 3.87. The largest absolute Gasteiger partial charge is 0.484 e. The van der Waals surface area contributed by atoms with Gasteiger partial charge in [-0.3, -0.25) is 4.79 Å². The fourth-order valence-corrected chi connectivity index (χ4v) is 2.61. The summed E-state index contributed by atoms with van der Waals surface area (Å²) in [6.45, 7) is 1.76. The first kappa shape index (κ1) is 14.6. The van der Waals surface area contributed by atoms with Crippen LogP contribution in [-0.4, -0.2) is 48.5 Å². The van der Waals surface area contributed by atoms with Crippen LogP contribution >= 0.6 is 27.5 Å². The molecule has 0 spiro atoms. The molecule has 0 saturated carbocycles. The van der Waals surface area contributed by atoms with E-state index in [0.29, 0.717) is 35.9 Å². The highest BCUT2D eigenvalue weighted by atomic mass is 79.9. The van der Waals surface area contributed by atoms with Gasteiger partial charge in [-0.1, -0.05) is 33.6 Å². The fourth-order valence-electron chi connectivity index (χ4n) is 1.90. The summed E-state index contributed by atoms with van der Waals surface area (Å²) in [6, 6.07) is 7.09. The summed E-state index contributed by atoms with van der Waals surface area (Å²) in [6.07, 6.45) is 0. The van der Waals surface area contributed by atoms with Gasteiger partial charge in [-0.2, -0.15) is 0 Å². The number of rotatable bonds is 4. The summed E-state index contributed by atoms with van der Waals surface area (Å²) >= 11 is 9.25. The quantitative estimate of drug-likeness (QED) is 0.784. The molecule has 0 radical (unpaired) electrons. The molecular formula is C13H15BrClNO3. The fraction of sp³-hybridized carbons (Fsp3) is 0.462. The smallest absolute Gasteiger partial charge is 0.260 e. The first-order valence-electron chi connectivity index (χ1n) is 6.02. The molecule has 1 aliphatic heterocycles. The Kier molecular flexibility index (Phi) is 5.48. The topological polar surface area (TPSA) is 38.8 Å². The molecule has 1 amide bonds. The molecular weight excluding hydrogens is 334 g/mol. The maximum Gasteiger partial charge on any atom is 0.260 e. The standard InChI is InChI=1S/C13H15BrClNO3/c14-7-11-8-18-5-4-16(11)13(17)9-19-12-3-1-2-10(15)6-12/h1-3,6,11H,4-5,7-9H2. The molecule has 0 N–H and O–H groups in total. The second kappa shape index (κ2) is 7.12. The highest BCUT2D eigenvalue weighted by Crippen LogP contribution is 2.17. The maximum atomic E-state index is 12.1. The van der Waals surface area contributed by atoms with Crippen LogP contribution in [0, 0.1) is 0 Å². The molecule has 1 aliphatic rings. The lowest BCUT2D eigenvalue weighted by molar-refractivity contribution is -0.141. The van der Waals surface area contributed by atoms with E-state index in [9.17, 15) is 4.79 Å². The Labute approximate surface area is 125 Å². The zero-order valence-electron chi connectivity index (χ0n) is 10.4. The third kappa shape index (κ3) is 4.09. The number of carbonyl (C=O) groups is 1. The number of morpholine rings is 1. The summed E-state index contributed by atoms with van der Waals surface area (Å²) < 4.78 is 10.8. The van der Waals surface area contributed by atoms with Crippen LogP contribution in [0.4, 0.5) is 0 Å². The normalized spacial score (nSPS) is 19.3. The van der Waals surface area contributed by atoms with E-state index in [2.05, 4.69) is 15.9 Å². The summed E-state index contributed by atoms with van der Waals surface area (Å²) in [7, 11) is 0. The van der Waals surface area contributed by atoms with Crippen LogP contribution in [0.5, 0.6) is 5.75 Å². The van der Waals surface area contributed by atoms with Crippen molar-refractivity contribution < 1.29 is 14.3 Å². The van der Waals surface area contributed by atoms with Crippen LogP contribution in [0.2, 0.25) is 5.02 Å². The Morgan fingerprint density at radius 3 is 3.16 bits per heavy atom. The molecule has 19 heavy (non-hydrogen) atoms. The second-order valence-corrected chi connectivity index (χ2v) is 5.30. The Balaban J connectivity index is 1.89. The van der Waals surface area contributed by atoms with Crippen molar-refractivity contribution in [2.45, 2.75) is 6.04 Å². The Hall–Kier alpha value is -0.780. The second-order valence-electron chi connectivity index (χ2n) is 4.22. The van der Waals surface area contributed by atoms with Crippen molar-refractivity contribution in [2.24, 2.45) is 0 Å². The number of halogens is 2. The number of alkyl halides is 1. The number of nitrogens with zero attached hydrogens (tertiary/aromatic N) is 1. The van der Waals surface area contributed by atoms with Crippen molar-refractivity contribution in [3.8, 4) is 5.75 Å². The van der Waals surface area contributed by atoms with E-state index in [1.165, 1.54) is 0 Å². The molecule has 2 rings (SSSR count). The molecule has 6 heteroatoms. The molecule has 1 heterocycles. The first-order chi connectivity index (χ1) is 9.20. The Morgan fingerprint density at radius 1 is 1.58 bits per heavy atom. The van der Waals surface area contributed by atoms with Crippen LogP contribution in [0.25, 0.3) is 0 Å². The minimum absolute atomic E-state index is 0.0177. The van der Waals surface area contributed by atoms with Gasteiger partial charge in [-0.15, -0.1) is 0 Å². The van der Waals surface area contributed by atoms with Gasteiger partial charge in [-0.25, -0.2) is 0 Å². The minimum atomic E-state index is -0.0345. The Bertz CT molecular complexity index is 444. The van der Waals surface area contributed by atoms with E-state index in [1.807, 2.05) is 0 Å². The SMILES string of the molecule is O=C(COc1cccc(Cl)c1)N1CCOCC1CBr. The zero-order chi connectivity index (χ0) is 13.7. The first-order valence-corrected chi connectivity index (χ1v) is 7.52. The summed E-state index contributed by atoms with van der Waals surface area (Å²) in [5.41, 5.74) is 0. The van der Waals surface area contributed by atoms with Gasteiger partial charge < -0.3 is 14.4 Å². The van der Waals surface area contributed by atoms with Gasteiger partial charge in [0, 0.05) is 16.9 Å². The Morgan fingerprint density at radius 2 is 2.42 bits per heavy atom. The van der Waals surface area contributed by atoms with Gasteiger partial charge in [0.15, 0.2) is 6.61 Å². The predicted octanol–water partition coefficient (Wildman–Crippen LogP) is 2.34. The van der Waals surface area contributed by atoms with E-state index in [-0.39, 0.29) is 18.6 Å². The molecule has 0 aliphatic carbocycles. The molecule has 1 fully saturated rings. The van der Waals surface area contributed by atoms with E-state index >= 15 is 0 Å². The van der Waals surface area contributed by atoms with Crippen LogP contribution in [0.3, 0.4) is 0 Å².